The fourth-order valence-corrected chi connectivity index (χ4v) is 2.95. The predicted molar refractivity (Wildman–Crippen MR) is 34.7 cm³/mol. The van der Waals surface area contributed by atoms with E-state index in [1.165, 1.54) is 0 Å². The molecule has 0 unspecified atom stereocenters. The number of hydrogen-bond acceptors (Lipinski definition) is 1. The van der Waals surface area contributed by atoms with Gasteiger partial charge >= 0.3 is 61.5 Å². The summed E-state index contributed by atoms with van der Waals surface area (Å²) in [5.74, 6) is 3.95. The molecular weight excluding hydrogens is 238 g/mol. The molecule has 0 aromatic heterocycles. The van der Waals surface area contributed by atoms with Gasteiger partial charge in [-0.15, -0.1) is 0 Å². The summed E-state index contributed by atoms with van der Waals surface area (Å²) in [5, 5.41) is 0. The molecule has 0 atom stereocenters. The Morgan fingerprint density at radius 3 is 1.88 bits per heavy atom. The maximum atomic E-state index is 10.3. The molecule has 5 heteroatoms. The Bertz CT molecular complexity index is 83.4. The Kier molecular flexibility index (Phi) is 4.38. The first-order chi connectivity index (χ1) is 3.72. The average Bonchev–Trinajstić information content (AvgIpc) is 1.69. The van der Waals surface area contributed by atoms with Crippen molar-refractivity contribution in [1.29, 1.82) is 0 Å². The second-order valence-corrected chi connectivity index (χ2v) is 5.20. The number of urea groups is 1. The van der Waals surface area contributed by atoms with Crippen LogP contribution < -0.4 is 5.73 Å². The van der Waals surface area contributed by atoms with Crippen molar-refractivity contribution >= 4 is 36.4 Å². The van der Waals surface area contributed by atoms with E-state index in [2.05, 4.69) is 0 Å². The van der Waals surface area contributed by atoms with Crippen LogP contribution in [0.1, 0.15) is 0 Å². The van der Waals surface area contributed by atoms with Gasteiger partial charge in [0.25, 0.3) is 0 Å². The van der Waals surface area contributed by atoms with Crippen LogP contribution in [0.25, 0.3) is 0 Å². The summed E-state index contributed by atoms with van der Waals surface area (Å²) in [7, 11) is 0. The molecule has 0 saturated heterocycles. The van der Waals surface area contributed by atoms with Gasteiger partial charge in [-0.05, 0) is 0 Å². The number of primary amides is 1. The first kappa shape index (κ1) is 8.31. The zero-order chi connectivity index (χ0) is 6.57. The third-order valence-corrected chi connectivity index (χ3v) is 5.91. The Morgan fingerprint density at radius 2 is 1.88 bits per heavy atom. The molecule has 0 rings (SSSR count). The monoisotopic (exact) mass is 248 g/mol. The van der Waals surface area contributed by atoms with Crippen molar-refractivity contribution in [2.75, 3.05) is 0 Å². The normalized spacial score (nSPS) is 8.75. The molecule has 2 N–H and O–H groups in total. The first-order valence-electron chi connectivity index (χ1n) is 1.90. The topological polar surface area (TPSA) is 46.3 Å². The minimum absolute atomic E-state index is 0.251. The van der Waals surface area contributed by atoms with Crippen LogP contribution in [0.5, 0.6) is 0 Å². The summed E-state index contributed by atoms with van der Waals surface area (Å²) in [5.41, 5.74) is 4.98. The third-order valence-electron chi connectivity index (χ3n) is 0.512. The van der Waals surface area contributed by atoms with Crippen molar-refractivity contribution in [3.63, 3.8) is 0 Å². The second-order valence-electron chi connectivity index (χ2n) is 0.960. The Labute approximate surface area is 61.7 Å². The number of amides is 2. The molecule has 3 nitrogen and oxygen atoms in total. The summed E-state index contributed by atoms with van der Waals surface area (Å²) in [6.45, 7) is 0. The zero-order valence-electron chi connectivity index (χ0n) is 4.75. The van der Waals surface area contributed by atoms with Crippen molar-refractivity contribution < 1.29 is 4.79 Å². The van der Waals surface area contributed by atoms with Crippen LogP contribution in [-0.4, -0.2) is 39.3 Å². The fourth-order valence-electron chi connectivity index (χ4n) is 0.254. The van der Waals surface area contributed by atoms with Crippen LogP contribution in [-0.2, 0) is 0 Å². The van der Waals surface area contributed by atoms with Gasteiger partial charge in [0.1, 0.15) is 0 Å². The molecule has 0 spiro atoms. The number of rotatable bonds is 2. The van der Waals surface area contributed by atoms with Gasteiger partial charge in [-0.2, -0.15) is 0 Å². The number of nitrogens with two attached hydrogens (primary N) is 1. The van der Waals surface area contributed by atoms with Crippen molar-refractivity contribution in [2.24, 2.45) is 5.73 Å². The molecule has 2 amide bonds. The van der Waals surface area contributed by atoms with Crippen LogP contribution in [0.3, 0.4) is 0 Å². The number of carbonyl (C=O) groups is 1. The fraction of sp³-hybridized carbons (Fsp3) is 0.667. The van der Waals surface area contributed by atoms with Crippen LogP contribution in [0.2, 0.25) is 11.6 Å². The quantitative estimate of drug-likeness (QED) is 0.668. The SMILES string of the molecule is C[Se]N([Se]C)C(N)=O. The van der Waals surface area contributed by atoms with Gasteiger partial charge in [0.2, 0.25) is 0 Å². The Balaban J connectivity index is 3.52. The molecule has 0 bridgehead atoms. The van der Waals surface area contributed by atoms with E-state index in [9.17, 15) is 4.79 Å². The number of carbonyl (C=O) groups excluding carboxylic acids is 1. The zero-order valence-corrected chi connectivity index (χ0v) is 8.18. The standard InChI is InChI=1S/C3H8N2OSe2/c1-7-5(8-2)3(4)6/h1-2H3,(H2,4,6). The van der Waals surface area contributed by atoms with E-state index in [0.29, 0.717) is 0 Å². The summed E-state index contributed by atoms with van der Waals surface area (Å²) in [6.07, 6.45) is 0. The van der Waals surface area contributed by atoms with Crippen LogP contribution in [0.15, 0.2) is 0 Å². The van der Waals surface area contributed by atoms with Crippen LogP contribution in [0.4, 0.5) is 4.79 Å². The molecule has 0 aromatic carbocycles. The van der Waals surface area contributed by atoms with Gasteiger partial charge in [0.15, 0.2) is 0 Å². The van der Waals surface area contributed by atoms with Crippen molar-refractivity contribution in [3.05, 3.63) is 0 Å². The third kappa shape index (κ3) is 2.58. The van der Waals surface area contributed by atoms with E-state index in [1.54, 1.807) is 2.93 Å². The molecule has 48 valence electrons. The van der Waals surface area contributed by atoms with Gasteiger partial charge in [0.05, 0.1) is 0 Å². The van der Waals surface area contributed by atoms with E-state index in [4.69, 9.17) is 5.73 Å². The molecule has 0 aliphatic rings. The van der Waals surface area contributed by atoms with Crippen molar-refractivity contribution in [1.82, 2.24) is 2.93 Å². The first-order valence-corrected chi connectivity index (χ1v) is 6.86. The summed E-state index contributed by atoms with van der Waals surface area (Å²) < 4.78 is 1.68. The van der Waals surface area contributed by atoms with Gasteiger partial charge in [-0.1, -0.05) is 0 Å². The summed E-state index contributed by atoms with van der Waals surface area (Å²) in [4.78, 5) is 10.3. The van der Waals surface area contributed by atoms with E-state index >= 15 is 0 Å². The Morgan fingerprint density at radius 1 is 1.50 bits per heavy atom. The number of nitrogens with zero attached hydrogens (tertiary/aromatic N) is 1. The van der Waals surface area contributed by atoms with E-state index in [0.717, 1.165) is 0 Å². The van der Waals surface area contributed by atoms with Gasteiger partial charge in [0, 0.05) is 0 Å². The van der Waals surface area contributed by atoms with Crippen LogP contribution in [0, 0.1) is 0 Å². The van der Waals surface area contributed by atoms with Gasteiger partial charge < -0.3 is 0 Å². The summed E-state index contributed by atoms with van der Waals surface area (Å²) >= 11 is 0.501. The molecule has 0 aliphatic carbocycles. The van der Waals surface area contributed by atoms with E-state index < -0.39 is 0 Å². The molecule has 0 radical (unpaired) electrons. The molecule has 8 heavy (non-hydrogen) atoms. The molecule has 0 saturated carbocycles. The molecule has 0 fully saturated rings. The van der Waals surface area contributed by atoms with Gasteiger partial charge in [-0.25, -0.2) is 0 Å². The van der Waals surface area contributed by atoms with Crippen molar-refractivity contribution in [3.8, 4) is 0 Å². The van der Waals surface area contributed by atoms with Crippen LogP contribution >= 0.6 is 0 Å². The van der Waals surface area contributed by atoms with E-state index in [1.807, 2.05) is 11.6 Å². The average molecular weight is 246 g/mol. The molecule has 0 aromatic rings. The second kappa shape index (κ2) is 4.21. The number of hydrogen-bond donors (Lipinski definition) is 1. The minimum atomic E-state index is -0.282. The maximum absolute atomic E-state index is 10.3. The molecule has 0 heterocycles. The summed E-state index contributed by atoms with van der Waals surface area (Å²) in [6, 6.07) is -0.282. The van der Waals surface area contributed by atoms with E-state index in [-0.39, 0.29) is 36.4 Å². The molecule has 0 aliphatic heterocycles. The van der Waals surface area contributed by atoms with Gasteiger partial charge in [-0.3, -0.25) is 0 Å². The van der Waals surface area contributed by atoms with Crippen molar-refractivity contribution in [2.45, 2.75) is 11.6 Å². The Hall–Kier alpha value is 0.309. The predicted octanol–water partition coefficient (Wildman–Crippen LogP) is -0.298. The molecular formula is C3H8N2OSe2.